The molecule has 1 amide bonds. The lowest BCUT2D eigenvalue weighted by atomic mass is 10.0. The first-order valence-electron chi connectivity index (χ1n) is 9.05. The number of fused-ring (bicyclic) bond motifs is 1. The Morgan fingerprint density at radius 3 is 2.96 bits per heavy atom. The Morgan fingerprint density at radius 1 is 1.22 bits per heavy atom. The number of carbonyl (C=O) groups excluding carboxylic acids is 1. The standard InChI is InChI=1S/C20H22ClN3O3/c21-16-4-2-1-3-15(16)17-11-22-7-8-24(17)12-20(25)23-10-14-5-6-18-19(9-14)27-13-26-18/h1-6,9,17,22H,7-8,10-13H2,(H,23,25). The number of ether oxygens (including phenoxy) is 2. The topological polar surface area (TPSA) is 62.8 Å². The van der Waals surface area contributed by atoms with E-state index in [2.05, 4.69) is 15.5 Å². The first kappa shape index (κ1) is 18.1. The second kappa shape index (κ2) is 8.17. The Balaban J connectivity index is 1.37. The molecule has 2 aliphatic rings. The van der Waals surface area contributed by atoms with Crippen molar-refractivity contribution < 1.29 is 14.3 Å². The molecule has 1 unspecified atom stereocenters. The van der Waals surface area contributed by atoms with Gasteiger partial charge in [0.05, 0.1) is 6.54 Å². The zero-order chi connectivity index (χ0) is 18.6. The van der Waals surface area contributed by atoms with Gasteiger partial charge in [-0.05, 0) is 29.3 Å². The molecule has 142 valence electrons. The molecule has 0 bridgehead atoms. The van der Waals surface area contributed by atoms with Crippen LogP contribution in [-0.4, -0.2) is 43.8 Å². The minimum Gasteiger partial charge on any atom is -0.454 e. The van der Waals surface area contributed by atoms with Gasteiger partial charge in [0.2, 0.25) is 12.7 Å². The molecule has 0 radical (unpaired) electrons. The zero-order valence-corrected chi connectivity index (χ0v) is 15.7. The summed E-state index contributed by atoms with van der Waals surface area (Å²) in [5.41, 5.74) is 2.03. The van der Waals surface area contributed by atoms with Gasteiger partial charge < -0.3 is 20.1 Å². The van der Waals surface area contributed by atoms with E-state index in [0.717, 1.165) is 47.3 Å². The third kappa shape index (κ3) is 4.18. The van der Waals surface area contributed by atoms with Crippen LogP contribution in [0.25, 0.3) is 0 Å². The quantitative estimate of drug-likeness (QED) is 0.824. The number of nitrogens with one attached hydrogen (secondary N) is 2. The average Bonchev–Trinajstić information content (AvgIpc) is 3.15. The van der Waals surface area contributed by atoms with Crippen molar-refractivity contribution in [2.75, 3.05) is 33.0 Å². The van der Waals surface area contributed by atoms with Gasteiger partial charge in [-0.25, -0.2) is 0 Å². The van der Waals surface area contributed by atoms with Crippen molar-refractivity contribution in [3.05, 3.63) is 58.6 Å². The van der Waals surface area contributed by atoms with Crippen molar-refractivity contribution in [2.24, 2.45) is 0 Å². The molecule has 0 aromatic heterocycles. The largest absolute Gasteiger partial charge is 0.454 e. The fraction of sp³-hybridized carbons (Fsp3) is 0.350. The number of nitrogens with zero attached hydrogens (tertiary/aromatic N) is 1. The summed E-state index contributed by atoms with van der Waals surface area (Å²) >= 11 is 6.37. The summed E-state index contributed by atoms with van der Waals surface area (Å²) < 4.78 is 10.7. The van der Waals surface area contributed by atoms with Gasteiger partial charge in [0.25, 0.3) is 0 Å². The number of piperazine rings is 1. The van der Waals surface area contributed by atoms with E-state index >= 15 is 0 Å². The predicted molar refractivity (Wildman–Crippen MR) is 103 cm³/mol. The molecule has 2 aliphatic heterocycles. The molecule has 0 aliphatic carbocycles. The van der Waals surface area contributed by atoms with Crippen molar-refractivity contribution in [3.63, 3.8) is 0 Å². The van der Waals surface area contributed by atoms with E-state index in [0.29, 0.717) is 13.1 Å². The molecule has 2 aromatic carbocycles. The molecule has 1 fully saturated rings. The molecule has 1 atom stereocenters. The van der Waals surface area contributed by atoms with Crippen molar-refractivity contribution >= 4 is 17.5 Å². The second-order valence-electron chi connectivity index (χ2n) is 6.68. The number of amides is 1. The van der Waals surface area contributed by atoms with Gasteiger partial charge in [0.15, 0.2) is 11.5 Å². The van der Waals surface area contributed by atoms with Crippen LogP contribution in [0.2, 0.25) is 5.02 Å². The fourth-order valence-electron chi connectivity index (χ4n) is 3.48. The molecule has 4 rings (SSSR count). The maximum Gasteiger partial charge on any atom is 0.234 e. The van der Waals surface area contributed by atoms with Gasteiger partial charge in [0.1, 0.15) is 0 Å². The maximum absolute atomic E-state index is 12.5. The van der Waals surface area contributed by atoms with Crippen LogP contribution in [0.5, 0.6) is 11.5 Å². The highest BCUT2D eigenvalue weighted by Crippen LogP contribution is 2.32. The normalized spacial score (nSPS) is 19.1. The van der Waals surface area contributed by atoms with Crippen molar-refractivity contribution in [1.82, 2.24) is 15.5 Å². The maximum atomic E-state index is 12.5. The number of halogens is 1. The Bertz CT molecular complexity index is 830. The van der Waals surface area contributed by atoms with Crippen LogP contribution in [0.4, 0.5) is 0 Å². The van der Waals surface area contributed by atoms with Gasteiger partial charge in [-0.2, -0.15) is 0 Å². The van der Waals surface area contributed by atoms with E-state index in [4.69, 9.17) is 21.1 Å². The summed E-state index contributed by atoms with van der Waals surface area (Å²) in [7, 11) is 0. The minimum atomic E-state index is -0.00776. The van der Waals surface area contributed by atoms with Crippen LogP contribution in [-0.2, 0) is 11.3 Å². The summed E-state index contributed by atoms with van der Waals surface area (Å²) in [6.07, 6.45) is 0. The molecule has 2 heterocycles. The lowest BCUT2D eigenvalue weighted by molar-refractivity contribution is -0.123. The summed E-state index contributed by atoms with van der Waals surface area (Å²) in [5, 5.41) is 7.11. The highest BCUT2D eigenvalue weighted by molar-refractivity contribution is 6.31. The van der Waals surface area contributed by atoms with Gasteiger partial charge >= 0.3 is 0 Å². The van der Waals surface area contributed by atoms with Crippen LogP contribution in [0.1, 0.15) is 17.2 Å². The highest BCUT2D eigenvalue weighted by Gasteiger charge is 2.26. The van der Waals surface area contributed by atoms with E-state index in [1.54, 1.807) is 0 Å². The highest BCUT2D eigenvalue weighted by atomic mass is 35.5. The molecule has 6 nitrogen and oxygen atoms in total. The molecular formula is C20H22ClN3O3. The van der Waals surface area contributed by atoms with Crippen LogP contribution in [0.3, 0.4) is 0 Å². The molecule has 27 heavy (non-hydrogen) atoms. The number of hydrogen-bond donors (Lipinski definition) is 2. The van der Waals surface area contributed by atoms with Crippen molar-refractivity contribution in [2.45, 2.75) is 12.6 Å². The number of carbonyl (C=O) groups is 1. The van der Waals surface area contributed by atoms with Crippen LogP contribution in [0, 0.1) is 0 Å². The Hall–Kier alpha value is -2.28. The van der Waals surface area contributed by atoms with E-state index in [9.17, 15) is 4.79 Å². The molecule has 2 N–H and O–H groups in total. The van der Waals surface area contributed by atoms with Gasteiger partial charge in [-0.1, -0.05) is 35.9 Å². The first-order valence-corrected chi connectivity index (χ1v) is 9.43. The molecular weight excluding hydrogens is 366 g/mol. The Kier molecular flexibility index (Phi) is 5.48. The van der Waals surface area contributed by atoms with Gasteiger partial charge in [0, 0.05) is 37.2 Å². The third-order valence-corrected chi connectivity index (χ3v) is 5.24. The van der Waals surface area contributed by atoms with E-state index in [1.807, 2.05) is 42.5 Å². The summed E-state index contributed by atoms with van der Waals surface area (Å²) in [5.74, 6) is 1.46. The van der Waals surface area contributed by atoms with Gasteiger partial charge in [-0.15, -0.1) is 0 Å². The van der Waals surface area contributed by atoms with Gasteiger partial charge in [-0.3, -0.25) is 9.69 Å². The molecule has 0 saturated carbocycles. The number of rotatable bonds is 5. The number of benzene rings is 2. The third-order valence-electron chi connectivity index (χ3n) is 4.89. The minimum absolute atomic E-state index is 0.00776. The fourth-order valence-corrected chi connectivity index (χ4v) is 3.74. The molecule has 7 heteroatoms. The summed E-state index contributed by atoms with van der Waals surface area (Å²) in [4.78, 5) is 14.7. The van der Waals surface area contributed by atoms with Crippen LogP contribution < -0.4 is 20.1 Å². The van der Waals surface area contributed by atoms with Crippen LogP contribution >= 0.6 is 11.6 Å². The average molecular weight is 388 g/mol. The zero-order valence-electron chi connectivity index (χ0n) is 14.9. The first-order chi connectivity index (χ1) is 13.2. The van der Waals surface area contributed by atoms with E-state index in [1.165, 1.54) is 0 Å². The van der Waals surface area contributed by atoms with Crippen molar-refractivity contribution in [3.8, 4) is 11.5 Å². The Morgan fingerprint density at radius 2 is 2.07 bits per heavy atom. The monoisotopic (exact) mass is 387 g/mol. The second-order valence-corrected chi connectivity index (χ2v) is 7.08. The lowest BCUT2D eigenvalue weighted by Crippen LogP contribution is -2.49. The van der Waals surface area contributed by atoms with E-state index < -0.39 is 0 Å². The summed E-state index contributed by atoms with van der Waals surface area (Å²) in [6.45, 7) is 3.47. The number of hydrogen-bond acceptors (Lipinski definition) is 5. The predicted octanol–water partition coefficient (Wildman–Crippen LogP) is 2.33. The van der Waals surface area contributed by atoms with Crippen LogP contribution in [0.15, 0.2) is 42.5 Å². The SMILES string of the molecule is O=C(CN1CCNCC1c1ccccc1Cl)NCc1ccc2c(c1)OCO2. The lowest BCUT2D eigenvalue weighted by Gasteiger charge is -2.36. The Labute approximate surface area is 163 Å². The van der Waals surface area contributed by atoms with E-state index in [-0.39, 0.29) is 18.7 Å². The molecule has 2 aromatic rings. The smallest absolute Gasteiger partial charge is 0.234 e. The summed E-state index contributed by atoms with van der Waals surface area (Å²) in [6, 6.07) is 13.6. The molecule has 0 spiro atoms. The molecule has 1 saturated heterocycles. The van der Waals surface area contributed by atoms with Crippen molar-refractivity contribution in [1.29, 1.82) is 0 Å².